The summed E-state index contributed by atoms with van der Waals surface area (Å²) >= 11 is 0. The van der Waals surface area contributed by atoms with Crippen LogP contribution in [0.15, 0.2) is 30.3 Å². The Morgan fingerprint density at radius 1 is 1.26 bits per heavy atom. The van der Waals surface area contributed by atoms with Crippen LogP contribution in [0.4, 0.5) is 4.79 Å². The molecule has 5 atom stereocenters. The molecule has 0 radical (unpaired) electrons. The van der Waals surface area contributed by atoms with Crippen molar-refractivity contribution in [3.05, 3.63) is 35.9 Å². The molecule has 3 heterocycles. The second kappa shape index (κ2) is 11.2. The molecular formula is C25H35N5O4. The van der Waals surface area contributed by atoms with Crippen LogP contribution in [-0.4, -0.2) is 84.5 Å². The predicted octanol–water partition coefficient (Wildman–Crippen LogP) is 1.40. The minimum absolute atomic E-state index is 0.0170. The van der Waals surface area contributed by atoms with Gasteiger partial charge in [0.15, 0.2) is 0 Å². The van der Waals surface area contributed by atoms with E-state index in [1.165, 1.54) is 4.90 Å². The van der Waals surface area contributed by atoms with Gasteiger partial charge < -0.3 is 20.1 Å². The van der Waals surface area contributed by atoms with Gasteiger partial charge in [0, 0.05) is 31.5 Å². The molecule has 9 heteroatoms. The molecule has 9 nitrogen and oxygen atoms in total. The maximum atomic E-state index is 13.3. The SMILES string of the molecule is CN1CCC(OC(=O)N2CC(c3ccccc3)CC2C(=O)NC(C#N)CC2CCNC2O)CC1. The lowest BCUT2D eigenvalue weighted by molar-refractivity contribution is -0.125. The number of carbonyl (C=O) groups excluding carboxylic acids is 2. The van der Waals surface area contributed by atoms with Crippen LogP contribution in [0.25, 0.3) is 0 Å². The highest BCUT2D eigenvalue weighted by Crippen LogP contribution is 2.33. The Hall–Kier alpha value is -2.67. The van der Waals surface area contributed by atoms with E-state index in [9.17, 15) is 20.0 Å². The van der Waals surface area contributed by atoms with Gasteiger partial charge in [-0.05, 0) is 51.3 Å². The zero-order valence-electron chi connectivity index (χ0n) is 19.7. The number of hydrogen-bond donors (Lipinski definition) is 3. The number of carbonyl (C=O) groups is 2. The number of aliphatic hydroxyl groups excluding tert-OH is 1. The van der Waals surface area contributed by atoms with Gasteiger partial charge in [-0.15, -0.1) is 0 Å². The first kappa shape index (κ1) is 24.5. The second-order valence-electron chi connectivity index (χ2n) is 9.77. The zero-order chi connectivity index (χ0) is 24.1. The third-order valence-electron chi connectivity index (χ3n) is 7.37. The lowest BCUT2D eigenvalue weighted by atomic mass is 9.95. The van der Waals surface area contributed by atoms with E-state index in [-0.39, 0.29) is 23.8 Å². The first-order valence-electron chi connectivity index (χ1n) is 12.3. The van der Waals surface area contributed by atoms with Crippen LogP contribution >= 0.6 is 0 Å². The van der Waals surface area contributed by atoms with Gasteiger partial charge >= 0.3 is 6.09 Å². The number of aliphatic hydroxyl groups is 1. The van der Waals surface area contributed by atoms with Gasteiger partial charge in [-0.1, -0.05) is 30.3 Å². The highest BCUT2D eigenvalue weighted by atomic mass is 16.6. The fraction of sp³-hybridized carbons (Fsp3) is 0.640. The molecule has 1 aromatic carbocycles. The molecule has 0 bridgehead atoms. The lowest BCUT2D eigenvalue weighted by Crippen LogP contribution is -2.50. The van der Waals surface area contributed by atoms with Gasteiger partial charge in [0.25, 0.3) is 0 Å². The van der Waals surface area contributed by atoms with E-state index in [1.54, 1.807) is 0 Å². The molecule has 34 heavy (non-hydrogen) atoms. The maximum Gasteiger partial charge on any atom is 0.410 e. The summed E-state index contributed by atoms with van der Waals surface area (Å²) < 4.78 is 5.82. The molecule has 4 rings (SSSR count). The van der Waals surface area contributed by atoms with Crippen molar-refractivity contribution >= 4 is 12.0 Å². The van der Waals surface area contributed by atoms with Crippen LogP contribution in [-0.2, 0) is 9.53 Å². The summed E-state index contributed by atoms with van der Waals surface area (Å²) in [5.41, 5.74) is 1.08. The molecule has 0 saturated carbocycles. The van der Waals surface area contributed by atoms with E-state index in [1.807, 2.05) is 30.3 Å². The molecule has 3 aliphatic heterocycles. The van der Waals surface area contributed by atoms with Gasteiger partial charge in [0.1, 0.15) is 24.4 Å². The van der Waals surface area contributed by atoms with Crippen molar-refractivity contribution in [1.29, 1.82) is 5.26 Å². The topological polar surface area (TPSA) is 118 Å². The Kier molecular flexibility index (Phi) is 8.03. The molecular weight excluding hydrogens is 434 g/mol. The number of piperidine rings is 1. The van der Waals surface area contributed by atoms with Gasteiger partial charge in [-0.25, -0.2) is 4.79 Å². The minimum atomic E-state index is -0.727. The molecule has 2 amide bonds. The molecule has 3 N–H and O–H groups in total. The third kappa shape index (κ3) is 5.87. The summed E-state index contributed by atoms with van der Waals surface area (Å²) in [4.78, 5) is 30.2. The summed E-state index contributed by atoms with van der Waals surface area (Å²) in [6.45, 7) is 2.84. The highest BCUT2D eigenvalue weighted by molar-refractivity contribution is 5.87. The first-order chi connectivity index (χ1) is 16.4. The summed E-state index contributed by atoms with van der Waals surface area (Å²) in [6, 6.07) is 10.6. The van der Waals surface area contributed by atoms with Crippen LogP contribution in [0.2, 0.25) is 0 Å². The molecule has 0 spiro atoms. The van der Waals surface area contributed by atoms with Gasteiger partial charge in [-0.2, -0.15) is 5.26 Å². The van der Waals surface area contributed by atoms with Crippen LogP contribution in [0.1, 0.15) is 43.6 Å². The molecule has 5 unspecified atom stereocenters. The number of hydrogen-bond acceptors (Lipinski definition) is 7. The smallest absolute Gasteiger partial charge is 0.410 e. The molecule has 184 valence electrons. The Balaban J connectivity index is 1.44. The molecule has 3 aliphatic rings. The van der Waals surface area contributed by atoms with E-state index in [4.69, 9.17) is 4.74 Å². The summed E-state index contributed by atoms with van der Waals surface area (Å²) in [6.07, 6.45) is 1.89. The first-order valence-corrected chi connectivity index (χ1v) is 12.3. The van der Waals surface area contributed by atoms with Gasteiger partial charge in [-0.3, -0.25) is 15.0 Å². The molecule has 1 aromatic rings. The Morgan fingerprint density at radius 2 is 2.00 bits per heavy atom. The Morgan fingerprint density at radius 3 is 2.65 bits per heavy atom. The molecule has 0 aromatic heterocycles. The van der Waals surface area contributed by atoms with Crippen molar-refractivity contribution in [2.75, 3.05) is 33.2 Å². The standard InChI is InChI=1S/C25H35N5O4/c1-29-11-8-21(9-12-29)34-25(33)30-16-19(17-5-3-2-4-6-17)14-22(30)24(32)28-20(15-26)13-18-7-10-27-23(18)31/h2-6,18-23,27,31H,7-14,16H2,1H3,(H,28,32). The summed E-state index contributed by atoms with van der Waals surface area (Å²) in [5, 5.41) is 25.4. The van der Waals surface area contributed by atoms with Crippen LogP contribution < -0.4 is 10.6 Å². The summed E-state index contributed by atoms with van der Waals surface area (Å²) in [7, 11) is 2.05. The molecule has 3 fully saturated rings. The van der Waals surface area contributed by atoms with Crippen molar-refractivity contribution in [2.45, 2.75) is 62.4 Å². The molecule has 3 saturated heterocycles. The Bertz CT molecular complexity index is 883. The number of nitrogens with one attached hydrogen (secondary N) is 2. The van der Waals surface area contributed by atoms with Crippen LogP contribution in [0.5, 0.6) is 0 Å². The lowest BCUT2D eigenvalue weighted by Gasteiger charge is -2.31. The fourth-order valence-electron chi connectivity index (χ4n) is 5.27. The number of nitrogens with zero attached hydrogens (tertiary/aromatic N) is 3. The van der Waals surface area contributed by atoms with Crippen LogP contribution in [0, 0.1) is 17.2 Å². The predicted molar refractivity (Wildman–Crippen MR) is 126 cm³/mol. The maximum absolute atomic E-state index is 13.3. The number of amides is 2. The number of nitriles is 1. The average molecular weight is 470 g/mol. The van der Waals surface area contributed by atoms with Crippen molar-refractivity contribution in [1.82, 2.24) is 20.4 Å². The number of benzene rings is 1. The largest absolute Gasteiger partial charge is 0.446 e. The quantitative estimate of drug-likeness (QED) is 0.576. The average Bonchev–Trinajstić information content (AvgIpc) is 3.47. The van der Waals surface area contributed by atoms with E-state index in [0.717, 1.165) is 37.9 Å². The number of ether oxygens (including phenoxy) is 1. The Labute approximate surface area is 201 Å². The van der Waals surface area contributed by atoms with Crippen LogP contribution in [0.3, 0.4) is 0 Å². The van der Waals surface area contributed by atoms with Gasteiger partial charge in [0.2, 0.25) is 5.91 Å². The monoisotopic (exact) mass is 469 g/mol. The third-order valence-corrected chi connectivity index (χ3v) is 7.37. The van der Waals surface area contributed by atoms with Crippen molar-refractivity contribution in [3.8, 4) is 6.07 Å². The van der Waals surface area contributed by atoms with Crippen molar-refractivity contribution < 1.29 is 19.4 Å². The zero-order valence-corrected chi connectivity index (χ0v) is 19.7. The van der Waals surface area contributed by atoms with Crippen molar-refractivity contribution in [2.24, 2.45) is 5.92 Å². The number of likely N-dealkylation sites (tertiary alicyclic amines) is 2. The van der Waals surface area contributed by atoms with Crippen molar-refractivity contribution in [3.63, 3.8) is 0 Å². The van der Waals surface area contributed by atoms with E-state index < -0.39 is 24.4 Å². The van der Waals surface area contributed by atoms with E-state index in [0.29, 0.717) is 25.9 Å². The molecule has 0 aliphatic carbocycles. The van der Waals surface area contributed by atoms with E-state index >= 15 is 0 Å². The normalized spacial score (nSPS) is 28.9. The fourth-order valence-corrected chi connectivity index (χ4v) is 5.27. The summed E-state index contributed by atoms with van der Waals surface area (Å²) in [5.74, 6) is -0.412. The number of rotatable bonds is 6. The minimum Gasteiger partial charge on any atom is -0.446 e. The second-order valence-corrected chi connectivity index (χ2v) is 9.77. The van der Waals surface area contributed by atoms with Gasteiger partial charge in [0.05, 0.1) is 6.07 Å². The highest BCUT2D eigenvalue weighted by Gasteiger charge is 2.42. The van der Waals surface area contributed by atoms with E-state index in [2.05, 4.69) is 28.7 Å².